The molecule has 0 amide bonds. The van der Waals surface area contributed by atoms with Crippen LogP contribution in [0.4, 0.5) is 0 Å². The van der Waals surface area contributed by atoms with Gasteiger partial charge in [-0.1, -0.05) is 29.8 Å². The van der Waals surface area contributed by atoms with E-state index in [0.717, 1.165) is 12.0 Å². The van der Waals surface area contributed by atoms with Crippen LogP contribution in [0.15, 0.2) is 36.9 Å². The van der Waals surface area contributed by atoms with Crippen molar-refractivity contribution in [2.45, 2.75) is 18.9 Å². The summed E-state index contributed by atoms with van der Waals surface area (Å²) in [5.41, 5.74) is 0.870. The maximum absolute atomic E-state index is 9.67. The fourth-order valence-corrected chi connectivity index (χ4v) is 1.35. The summed E-state index contributed by atoms with van der Waals surface area (Å²) in [5.74, 6) is 0. The van der Waals surface area contributed by atoms with Crippen LogP contribution in [0.5, 0.6) is 0 Å². The third-order valence-corrected chi connectivity index (χ3v) is 2.11. The van der Waals surface area contributed by atoms with E-state index in [1.54, 1.807) is 18.2 Å². The van der Waals surface area contributed by atoms with Crippen LogP contribution in [0.25, 0.3) is 0 Å². The van der Waals surface area contributed by atoms with E-state index in [2.05, 4.69) is 6.58 Å². The average molecular weight is 197 g/mol. The molecule has 0 unspecified atom stereocenters. The molecule has 0 fully saturated rings. The topological polar surface area (TPSA) is 20.2 Å². The van der Waals surface area contributed by atoms with Gasteiger partial charge in [-0.3, -0.25) is 0 Å². The van der Waals surface area contributed by atoms with Crippen molar-refractivity contribution in [1.82, 2.24) is 0 Å². The van der Waals surface area contributed by atoms with Crippen molar-refractivity contribution in [1.29, 1.82) is 0 Å². The van der Waals surface area contributed by atoms with Crippen molar-refractivity contribution in [3.05, 3.63) is 47.5 Å². The molecule has 0 aliphatic heterocycles. The Morgan fingerprint density at radius 2 is 2.31 bits per heavy atom. The summed E-state index contributed by atoms with van der Waals surface area (Å²) in [7, 11) is 0. The predicted molar refractivity (Wildman–Crippen MR) is 55.8 cm³/mol. The fraction of sp³-hybridized carbons (Fsp3) is 0.273. The summed E-state index contributed by atoms with van der Waals surface area (Å²) in [6.45, 7) is 3.61. The van der Waals surface area contributed by atoms with Crippen LogP contribution in [0, 0.1) is 0 Å². The van der Waals surface area contributed by atoms with Crippen LogP contribution in [-0.2, 0) is 0 Å². The largest absolute Gasteiger partial charge is 0.388 e. The minimum absolute atomic E-state index is 0.434. The molecular formula is C11H13ClO. The highest BCUT2D eigenvalue weighted by Gasteiger charge is 2.05. The molecule has 0 spiro atoms. The van der Waals surface area contributed by atoms with Crippen molar-refractivity contribution in [3.8, 4) is 0 Å². The zero-order valence-electron chi connectivity index (χ0n) is 7.41. The van der Waals surface area contributed by atoms with E-state index >= 15 is 0 Å². The highest BCUT2D eigenvalue weighted by Crippen LogP contribution is 2.21. The molecule has 0 heterocycles. The van der Waals surface area contributed by atoms with E-state index in [1.165, 1.54) is 0 Å². The smallest absolute Gasteiger partial charge is 0.0793 e. The molecule has 1 rings (SSSR count). The van der Waals surface area contributed by atoms with Gasteiger partial charge in [0.2, 0.25) is 0 Å². The van der Waals surface area contributed by atoms with Crippen LogP contribution in [0.3, 0.4) is 0 Å². The monoisotopic (exact) mass is 196 g/mol. The first-order valence-electron chi connectivity index (χ1n) is 4.28. The second-order valence-corrected chi connectivity index (χ2v) is 3.37. The summed E-state index contributed by atoms with van der Waals surface area (Å²) in [6, 6.07) is 7.30. The third-order valence-electron chi connectivity index (χ3n) is 1.88. The Morgan fingerprint density at radius 1 is 1.54 bits per heavy atom. The molecule has 0 aromatic heterocycles. The van der Waals surface area contributed by atoms with E-state index < -0.39 is 6.10 Å². The van der Waals surface area contributed by atoms with Gasteiger partial charge in [0.1, 0.15) is 0 Å². The van der Waals surface area contributed by atoms with E-state index in [9.17, 15) is 5.11 Å². The summed E-state index contributed by atoms with van der Waals surface area (Å²) in [6.07, 6.45) is 2.88. The molecule has 13 heavy (non-hydrogen) atoms. The SMILES string of the molecule is C=CCC[C@@H](O)c1cccc(Cl)c1. The molecule has 0 aliphatic rings. The van der Waals surface area contributed by atoms with Crippen LogP contribution < -0.4 is 0 Å². The van der Waals surface area contributed by atoms with Gasteiger partial charge in [0.15, 0.2) is 0 Å². The third kappa shape index (κ3) is 3.21. The lowest BCUT2D eigenvalue weighted by atomic mass is 10.1. The molecule has 70 valence electrons. The molecule has 0 saturated heterocycles. The Balaban J connectivity index is 2.65. The number of allylic oxidation sites excluding steroid dienone is 1. The van der Waals surface area contributed by atoms with Crippen LogP contribution >= 0.6 is 11.6 Å². The first-order chi connectivity index (χ1) is 6.24. The molecular weight excluding hydrogens is 184 g/mol. The Kier molecular flexibility index (Phi) is 4.00. The zero-order chi connectivity index (χ0) is 9.68. The molecule has 2 heteroatoms. The number of halogens is 1. The van der Waals surface area contributed by atoms with Gasteiger partial charge in [-0.2, -0.15) is 0 Å². The highest BCUT2D eigenvalue weighted by atomic mass is 35.5. The zero-order valence-corrected chi connectivity index (χ0v) is 8.17. The van der Waals surface area contributed by atoms with Crippen molar-refractivity contribution in [2.24, 2.45) is 0 Å². The Hall–Kier alpha value is -0.790. The van der Waals surface area contributed by atoms with Gasteiger partial charge in [-0.25, -0.2) is 0 Å². The van der Waals surface area contributed by atoms with Gasteiger partial charge in [-0.05, 0) is 30.5 Å². The quantitative estimate of drug-likeness (QED) is 0.733. The molecule has 1 N–H and O–H groups in total. The van der Waals surface area contributed by atoms with E-state index in [-0.39, 0.29) is 0 Å². The van der Waals surface area contributed by atoms with Gasteiger partial charge in [-0.15, -0.1) is 6.58 Å². The lowest BCUT2D eigenvalue weighted by Gasteiger charge is -2.09. The van der Waals surface area contributed by atoms with Gasteiger partial charge < -0.3 is 5.11 Å². The van der Waals surface area contributed by atoms with Gasteiger partial charge in [0, 0.05) is 5.02 Å². The second kappa shape index (κ2) is 5.05. The van der Waals surface area contributed by atoms with Crippen molar-refractivity contribution in [3.63, 3.8) is 0 Å². The molecule has 0 aliphatic carbocycles. The van der Waals surface area contributed by atoms with Crippen LogP contribution in [0.1, 0.15) is 24.5 Å². The normalized spacial score (nSPS) is 12.5. The average Bonchev–Trinajstić information content (AvgIpc) is 2.14. The first-order valence-corrected chi connectivity index (χ1v) is 4.66. The van der Waals surface area contributed by atoms with E-state index in [1.807, 2.05) is 12.1 Å². The summed E-state index contributed by atoms with van der Waals surface area (Å²) < 4.78 is 0. The second-order valence-electron chi connectivity index (χ2n) is 2.94. The number of benzene rings is 1. The van der Waals surface area contributed by atoms with Crippen molar-refractivity contribution < 1.29 is 5.11 Å². The van der Waals surface area contributed by atoms with Gasteiger partial charge in [0.05, 0.1) is 6.10 Å². The minimum Gasteiger partial charge on any atom is -0.388 e. The molecule has 1 atom stereocenters. The maximum Gasteiger partial charge on any atom is 0.0793 e. The number of aliphatic hydroxyl groups is 1. The molecule has 0 radical (unpaired) electrons. The van der Waals surface area contributed by atoms with Crippen molar-refractivity contribution >= 4 is 11.6 Å². The maximum atomic E-state index is 9.67. The summed E-state index contributed by atoms with van der Waals surface area (Å²) in [4.78, 5) is 0. The van der Waals surface area contributed by atoms with Gasteiger partial charge in [0.25, 0.3) is 0 Å². The predicted octanol–water partition coefficient (Wildman–Crippen LogP) is 3.34. The standard InChI is InChI=1S/C11H13ClO/c1-2-3-7-11(13)9-5-4-6-10(12)8-9/h2,4-6,8,11,13H,1,3,7H2/t11-/m1/s1. The van der Waals surface area contributed by atoms with Crippen molar-refractivity contribution in [2.75, 3.05) is 0 Å². The highest BCUT2D eigenvalue weighted by molar-refractivity contribution is 6.30. The molecule has 1 aromatic carbocycles. The number of rotatable bonds is 4. The summed E-state index contributed by atoms with van der Waals surface area (Å²) in [5, 5.41) is 10.3. The summed E-state index contributed by atoms with van der Waals surface area (Å²) >= 11 is 5.79. The fourth-order valence-electron chi connectivity index (χ4n) is 1.16. The van der Waals surface area contributed by atoms with Crippen LogP contribution in [-0.4, -0.2) is 5.11 Å². The molecule has 0 saturated carbocycles. The lowest BCUT2D eigenvalue weighted by molar-refractivity contribution is 0.169. The Labute approximate surface area is 83.7 Å². The Bertz CT molecular complexity index is 283. The number of hydrogen-bond donors (Lipinski definition) is 1. The Morgan fingerprint density at radius 3 is 2.92 bits per heavy atom. The van der Waals surface area contributed by atoms with Gasteiger partial charge >= 0.3 is 0 Å². The first kappa shape index (κ1) is 10.3. The lowest BCUT2D eigenvalue weighted by Crippen LogP contribution is -1.95. The number of hydrogen-bond acceptors (Lipinski definition) is 1. The molecule has 1 aromatic rings. The van der Waals surface area contributed by atoms with Crippen LogP contribution in [0.2, 0.25) is 5.02 Å². The molecule has 0 bridgehead atoms. The molecule has 1 nitrogen and oxygen atoms in total. The minimum atomic E-state index is -0.434. The number of aliphatic hydroxyl groups excluding tert-OH is 1. The van der Waals surface area contributed by atoms with E-state index in [4.69, 9.17) is 11.6 Å². The van der Waals surface area contributed by atoms with E-state index in [0.29, 0.717) is 11.4 Å².